The van der Waals surface area contributed by atoms with Gasteiger partial charge in [-0.3, -0.25) is 6.08 Å². The number of sulfonamides is 1. The van der Waals surface area contributed by atoms with Crippen molar-refractivity contribution in [3.05, 3.63) is 42.0 Å². The number of amides is 1. The van der Waals surface area contributed by atoms with E-state index in [2.05, 4.69) is 6.08 Å². The van der Waals surface area contributed by atoms with Crippen LogP contribution < -0.4 is 29.6 Å². The number of benzene rings is 1. The molecule has 1 aliphatic rings. The Morgan fingerprint density at radius 2 is 1.83 bits per heavy atom. The molecule has 1 aromatic rings. The summed E-state index contributed by atoms with van der Waals surface area (Å²) in [5, 5.41) is 0. The Balaban J connectivity index is 0.00000162. The molecule has 0 radical (unpaired) electrons. The molecule has 90 valence electrons. The first-order chi connectivity index (χ1) is 8.01. The molecule has 1 heterocycles. The van der Waals surface area contributed by atoms with E-state index in [9.17, 15) is 13.2 Å². The van der Waals surface area contributed by atoms with Gasteiger partial charge >= 0.3 is 29.6 Å². The van der Waals surface area contributed by atoms with Gasteiger partial charge in [-0.15, -0.1) is 0 Å². The van der Waals surface area contributed by atoms with E-state index in [1.807, 2.05) is 6.92 Å². The Morgan fingerprint density at radius 1 is 1.22 bits per heavy atom. The number of nitrogens with zero attached hydrogens (tertiary/aromatic N) is 1. The molecule has 4 nitrogen and oxygen atoms in total. The second-order valence-electron chi connectivity index (χ2n) is 3.83. The van der Waals surface area contributed by atoms with Crippen LogP contribution in [0.4, 0.5) is 0 Å². The zero-order chi connectivity index (χ0) is 12.5. The van der Waals surface area contributed by atoms with E-state index in [4.69, 9.17) is 0 Å². The van der Waals surface area contributed by atoms with Gasteiger partial charge in [-0.25, -0.2) is 8.42 Å². The van der Waals surface area contributed by atoms with Crippen LogP contribution in [0.5, 0.6) is 0 Å². The topological polar surface area (TPSA) is 54.5 Å². The third kappa shape index (κ3) is 3.03. The van der Waals surface area contributed by atoms with Crippen LogP contribution in [-0.4, -0.2) is 25.2 Å². The Kier molecular flexibility index (Phi) is 5.16. The Labute approximate surface area is 129 Å². The van der Waals surface area contributed by atoms with E-state index < -0.39 is 15.9 Å². The van der Waals surface area contributed by atoms with Crippen molar-refractivity contribution in [2.75, 3.05) is 6.54 Å². The molecule has 0 N–H and O–H groups in total. The smallest absolute Gasteiger partial charge is 0.382 e. The van der Waals surface area contributed by atoms with Crippen molar-refractivity contribution in [1.82, 2.24) is 4.31 Å². The minimum atomic E-state index is -3.72. The molecule has 0 saturated heterocycles. The summed E-state index contributed by atoms with van der Waals surface area (Å²) >= 11 is 0. The number of carbonyl (C=O) groups is 1. The molecule has 6 heteroatoms. The molecular formula is C12H12NNaO3S. The van der Waals surface area contributed by atoms with Crippen LogP contribution in [-0.2, 0) is 14.8 Å². The van der Waals surface area contributed by atoms with Crippen molar-refractivity contribution in [3.63, 3.8) is 0 Å². The van der Waals surface area contributed by atoms with Gasteiger partial charge < -0.3 is 9.10 Å². The summed E-state index contributed by atoms with van der Waals surface area (Å²) in [5.41, 5.74) is 0.974. The predicted molar refractivity (Wildman–Crippen MR) is 62.5 cm³/mol. The Hall–Kier alpha value is -0.620. The number of carbonyl (C=O) groups excluding carboxylic acids is 1. The SMILES string of the molecule is Cc1ccc(S(=O)(=O)N2CC[C-]=CC2=O)cc1.[Na+]. The fraction of sp³-hybridized carbons (Fsp3) is 0.250. The number of hydrogen-bond donors (Lipinski definition) is 0. The normalized spacial score (nSPS) is 15.4. The van der Waals surface area contributed by atoms with E-state index in [1.54, 1.807) is 12.1 Å². The van der Waals surface area contributed by atoms with Crippen molar-refractivity contribution < 1.29 is 42.8 Å². The average molecular weight is 273 g/mol. The van der Waals surface area contributed by atoms with E-state index in [0.29, 0.717) is 6.42 Å². The fourth-order valence-corrected chi connectivity index (χ4v) is 2.94. The summed E-state index contributed by atoms with van der Waals surface area (Å²) in [7, 11) is -3.72. The molecule has 1 amide bonds. The summed E-state index contributed by atoms with van der Waals surface area (Å²) in [6.45, 7) is 2.03. The first kappa shape index (κ1) is 15.4. The minimum Gasteiger partial charge on any atom is -0.382 e. The van der Waals surface area contributed by atoms with Gasteiger partial charge in [-0.1, -0.05) is 24.1 Å². The molecule has 1 aliphatic heterocycles. The fourth-order valence-electron chi connectivity index (χ4n) is 1.58. The van der Waals surface area contributed by atoms with Crippen LogP contribution in [0.3, 0.4) is 0 Å². The summed E-state index contributed by atoms with van der Waals surface area (Å²) in [6, 6.07) is 6.45. The molecule has 0 aliphatic carbocycles. The van der Waals surface area contributed by atoms with Crippen molar-refractivity contribution in [2.24, 2.45) is 0 Å². The third-order valence-electron chi connectivity index (χ3n) is 2.54. The van der Waals surface area contributed by atoms with Crippen molar-refractivity contribution in [3.8, 4) is 0 Å². The molecule has 0 saturated carbocycles. The average Bonchev–Trinajstić information content (AvgIpc) is 2.30. The van der Waals surface area contributed by atoms with Crippen LogP contribution in [0.2, 0.25) is 0 Å². The maximum atomic E-state index is 12.2. The van der Waals surface area contributed by atoms with Crippen LogP contribution in [0.25, 0.3) is 0 Å². The molecule has 1 aromatic carbocycles. The van der Waals surface area contributed by atoms with Crippen LogP contribution >= 0.6 is 0 Å². The summed E-state index contributed by atoms with van der Waals surface area (Å²) in [6.07, 6.45) is 4.33. The summed E-state index contributed by atoms with van der Waals surface area (Å²) in [4.78, 5) is 11.7. The molecule has 0 unspecified atom stereocenters. The maximum absolute atomic E-state index is 12.2. The van der Waals surface area contributed by atoms with Gasteiger partial charge in [0.15, 0.2) is 0 Å². The van der Waals surface area contributed by atoms with Gasteiger partial charge in [0.25, 0.3) is 10.0 Å². The van der Waals surface area contributed by atoms with Crippen LogP contribution in [0.1, 0.15) is 12.0 Å². The van der Waals surface area contributed by atoms with Gasteiger partial charge in [-0.2, -0.15) is 6.08 Å². The first-order valence-corrected chi connectivity index (χ1v) is 6.66. The largest absolute Gasteiger partial charge is 1.00 e. The van der Waals surface area contributed by atoms with E-state index in [0.717, 1.165) is 9.87 Å². The maximum Gasteiger partial charge on any atom is 1.00 e. The monoisotopic (exact) mass is 273 g/mol. The molecule has 0 atom stereocenters. The quantitative estimate of drug-likeness (QED) is 0.476. The molecule has 0 aromatic heterocycles. The van der Waals surface area contributed by atoms with E-state index in [-0.39, 0.29) is 41.0 Å². The number of aryl methyl sites for hydroxylation is 1. The Bertz CT molecular complexity index is 563. The molecule has 0 bridgehead atoms. The van der Waals surface area contributed by atoms with E-state index >= 15 is 0 Å². The van der Waals surface area contributed by atoms with Crippen molar-refractivity contribution in [2.45, 2.75) is 18.2 Å². The number of rotatable bonds is 2. The summed E-state index contributed by atoms with van der Waals surface area (Å²) < 4.78 is 25.2. The molecule has 18 heavy (non-hydrogen) atoms. The standard InChI is InChI=1S/C12H12NO3S.Na/c1-10-5-7-11(8-6-10)17(15,16)13-9-3-2-4-12(13)14;/h4-8H,3,9H2,1H3;/q-1;+1. The van der Waals surface area contributed by atoms with E-state index in [1.165, 1.54) is 18.2 Å². The van der Waals surface area contributed by atoms with Crippen LogP contribution in [0.15, 0.2) is 35.2 Å². The predicted octanol–water partition coefficient (Wildman–Crippen LogP) is -1.72. The van der Waals surface area contributed by atoms with Gasteiger partial charge in [0, 0.05) is 6.54 Å². The zero-order valence-electron chi connectivity index (χ0n) is 10.4. The van der Waals surface area contributed by atoms with Gasteiger partial charge in [0.2, 0.25) is 0 Å². The number of hydrogen-bond acceptors (Lipinski definition) is 3. The third-order valence-corrected chi connectivity index (χ3v) is 4.35. The Morgan fingerprint density at radius 3 is 2.39 bits per heavy atom. The zero-order valence-corrected chi connectivity index (χ0v) is 13.2. The van der Waals surface area contributed by atoms with Gasteiger partial charge in [0.1, 0.15) is 5.91 Å². The van der Waals surface area contributed by atoms with Gasteiger partial charge in [-0.05, 0) is 19.1 Å². The first-order valence-electron chi connectivity index (χ1n) is 5.22. The van der Waals surface area contributed by atoms with Gasteiger partial charge in [0.05, 0.1) is 4.90 Å². The van der Waals surface area contributed by atoms with Crippen molar-refractivity contribution >= 4 is 15.9 Å². The second-order valence-corrected chi connectivity index (χ2v) is 5.69. The molecule has 0 spiro atoms. The molecular weight excluding hydrogens is 261 g/mol. The molecule has 2 rings (SSSR count). The van der Waals surface area contributed by atoms with Crippen molar-refractivity contribution in [1.29, 1.82) is 0 Å². The summed E-state index contributed by atoms with van der Waals surface area (Å²) in [5.74, 6) is -0.531. The van der Waals surface area contributed by atoms with Crippen LogP contribution in [0, 0.1) is 13.0 Å². The minimum absolute atomic E-state index is 0. The second kappa shape index (κ2) is 6.02. The molecule has 0 fully saturated rings.